The summed E-state index contributed by atoms with van der Waals surface area (Å²) in [5.41, 5.74) is 5.49. The van der Waals surface area contributed by atoms with Crippen molar-refractivity contribution >= 4 is 27.4 Å². The SMILES string of the molecule is CN1CCN(C)C(CNS(=O)(=O)c2cnc(N)c(Cl)c2)C1. The Bertz CT molecular complexity index is 610. The molecule has 118 valence electrons. The van der Waals surface area contributed by atoms with Crippen molar-refractivity contribution in [1.29, 1.82) is 0 Å². The summed E-state index contributed by atoms with van der Waals surface area (Å²) >= 11 is 5.82. The van der Waals surface area contributed by atoms with Crippen molar-refractivity contribution in [2.24, 2.45) is 0 Å². The van der Waals surface area contributed by atoms with Gasteiger partial charge in [-0.1, -0.05) is 11.6 Å². The number of nitrogen functional groups attached to an aromatic ring is 1. The maximum atomic E-state index is 12.2. The van der Waals surface area contributed by atoms with E-state index in [9.17, 15) is 8.42 Å². The minimum atomic E-state index is -3.64. The standard InChI is InChI=1S/C12H20ClN5O2S/c1-17-3-4-18(2)9(8-17)6-16-21(19,20)10-5-11(13)12(14)15-7-10/h5,7,9,16H,3-4,6,8H2,1-2H3,(H2,14,15). The topological polar surface area (TPSA) is 91.6 Å². The van der Waals surface area contributed by atoms with E-state index >= 15 is 0 Å². The summed E-state index contributed by atoms with van der Waals surface area (Å²) in [6.07, 6.45) is 1.21. The van der Waals surface area contributed by atoms with E-state index in [2.05, 4.69) is 19.5 Å². The molecule has 1 aliphatic rings. The molecule has 21 heavy (non-hydrogen) atoms. The van der Waals surface area contributed by atoms with Gasteiger partial charge in [0.05, 0.1) is 5.02 Å². The summed E-state index contributed by atoms with van der Waals surface area (Å²) in [5, 5.41) is 0.132. The highest BCUT2D eigenvalue weighted by molar-refractivity contribution is 7.89. The van der Waals surface area contributed by atoms with Crippen LogP contribution in [-0.2, 0) is 10.0 Å². The third-order valence-electron chi connectivity index (χ3n) is 3.64. The number of pyridine rings is 1. The first-order valence-corrected chi connectivity index (χ1v) is 8.45. The highest BCUT2D eigenvalue weighted by Gasteiger charge is 2.24. The summed E-state index contributed by atoms with van der Waals surface area (Å²) in [6, 6.07) is 1.44. The van der Waals surface area contributed by atoms with Gasteiger partial charge in [-0.25, -0.2) is 18.1 Å². The average molecular weight is 334 g/mol. The molecule has 2 heterocycles. The molecule has 0 bridgehead atoms. The summed E-state index contributed by atoms with van der Waals surface area (Å²) in [7, 11) is 0.382. The summed E-state index contributed by atoms with van der Waals surface area (Å²) in [5.74, 6) is 0.115. The molecule has 1 atom stereocenters. The molecule has 7 nitrogen and oxygen atoms in total. The Hall–Kier alpha value is -0.930. The first-order chi connectivity index (χ1) is 9.79. The quantitative estimate of drug-likeness (QED) is 0.795. The molecule has 1 saturated heterocycles. The molecule has 1 aromatic rings. The Kier molecular flexibility index (Phi) is 5.05. The zero-order valence-corrected chi connectivity index (χ0v) is 13.7. The number of anilines is 1. The van der Waals surface area contributed by atoms with E-state index in [0.29, 0.717) is 6.54 Å². The van der Waals surface area contributed by atoms with Gasteiger partial charge < -0.3 is 10.6 Å². The minimum absolute atomic E-state index is 0.0218. The molecule has 0 amide bonds. The summed E-state index contributed by atoms with van der Waals surface area (Å²) < 4.78 is 27.1. The fourth-order valence-corrected chi connectivity index (χ4v) is 3.46. The number of aromatic nitrogens is 1. The average Bonchev–Trinajstić information content (AvgIpc) is 2.43. The van der Waals surface area contributed by atoms with Gasteiger partial charge in [-0.05, 0) is 20.2 Å². The molecular formula is C12H20ClN5O2S. The third-order valence-corrected chi connectivity index (χ3v) is 5.34. The maximum Gasteiger partial charge on any atom is 0.242 e. The Morgan fingerprint density at radius 3 is 2.86 bits per heavy atom. The van der Waals surface area contributed by atoms with Crippen molar-refractivity contribution in [1.82, 2.24) is 19.5 Å². The number of rotatable bonds is 4. The maximum absolute atomic E-state index is 12.2. The number of likely N-dealkylation sites (N-methyl/N-ethyl adjacent to an activating group) is 2. The van der Waals surface area contributed by atoms with E-state index in [1.54, 1.807) is 0 Å². The van der Waals surface area contributed by atoms with Gasteiger partial charge >= 0.3 is 0 Å². The van der Waals surface area contributed by atoms with E-state index in [1.165, 1.54) is 12.3 Å². The lowest BCUT2D eigenvalue weighted by Crippen LogP contribution is -2.54. The molecule has 0 aromatic carbocycles. The molecule has 0 radical (unpaired) electrons. The Balaban J connectivity index is 2.05. The van der Waals surface area contributed by atoms with E-state index in [4.69, 9.17) is 17.3 Å². The van der Waals surface area contributed by atoms with Crippen LogP contribution in [0.1, 0.15) is 0 Å². The normalized spacial score (nSPS) is 21.6. The highest BCUT2D eigenvalue weighted by Crippen LogP contribution is 2.19. The van der Waals surface area contributed by atoms with Gasteiger partial charge in [-0.3, -0.25) is 4.90 Å². The van der Waals surface area contributed by atoms with E-state index < -0.39 is 10.0 Å². The molecule has 1 aromatic heterocycles. The van der Waals surface area contributed by atoms with Crippen molar-refractivity contribution in [2.45, 2.75) is 10.9 Å². The van der Waals surface area contributed by atoms with Crippen LogP contribution in [0, 0.1) is 0 Å². The molecule has 0 spiro atoms. The van der Waals surface area contributed by atoms with Crippen molar-refractivity contribution in [2.75, 3.05) is 46.0 Å². The van der Waals surface area contributed by atoms with Crippen LogP contribution >= 0.6 is 11.6 Å². The van der Waals surface area contributed by atoms with Crippen LogP contribution in [0.5, 0.6) is 0 Å². The van der Waals surface area contributed by atoms with Crippen molar-refractivity contribution in [3.63, 3.8) is 0 Å². The van der Waals surface area contributed by atoms with Crippen molar-refractivity contribution in [3.8, 4) is 0 Å². The summed E-state index contributed by atoms with van der Waals surface area (Å²) in [6.45, 7) is 3.06. The molecule has 3 N–H and O–H groups in total. The molecule has 2 rings (SSSR count). The first-order valence-electron chi connectivity index (χ1n) is 6.59. The number of nitrogens with two attached hydrogens (primary N) is 1. The van der Waals surface area contributed by atoms with Crippen molar-refractivity contribution in [3.05, 3.63) is 17.3 Å². The second-order valence-corrected chi connectivity index (χ2v) is 7.46. The second kappa shape index (κ2) is 6.45. The lowest BCUT2D eigenvalue weighted by atomic mass is 10.2. The van der Waals surface area contributed by atoms with Gasteiger partial charge in [0.25, 0.3) is 0 Å². The lowest BCUT2D eigenvalue weighted by molar-refractivity contribution is 0.117. The molecule has 1 fully saturated rings. The highest BCUT2D eigenvalue weighted by atomic mass is 35.5. The fraction of sp³-hybridized carbons (Fsp3) is 0.583. The molecule has 0 aliphatic carbocycles. The number of piperazine rings is 1. The Morgan fingerprint density at radius 2 is 2.19 bits per heavy atom. The fourth-order valence-electron chi connectivity index (χ4n) is 2.19. The van der Waals surface area contributed by atoms with E-state index in [0.717, 1.165) is 19.6 Å². The monoisotopic (exact) mass is 333 g/mol. The van der Waals surface area contributed by atoms with Gasteiger partial charge in [-0.2, -0.15) is 0 Å². The van der Waals surface area contributed by atoms with Crippen molar-refractivity contribution < 1.29 is 8.42 Å². The van der Waals surface area contributed by atoms with E-state index in [1.807, 2.05) is 14.1 Å². The minimum Gasteiger partial charge on any atom is -0.382 e. The number of hydrogen-bond acceptors (Lipinski definition) is 6. The number of nitrogens with one attached hydrogen (secondary N) is 1. The lowest BCUT2D eigenvalue weighted by Gasteiger charge is -2.37. The van der Waals surface area contributed by atoms with Crippen LogP contribution < -0.4 is 10.5 Å². The predicted octanol–water partition coefficient (Wildman–Crippen LogP) is -0.159. The van der Waals surface area contributed by atoms with Crippen LogP contribution in [0.4, 0.5) is 5.82 Å². The number of halogens is 1. The van der Waals surface area contributed by atoms with Gasteiger partial charge in [0, 0.05) is 38.4 Å². The molecule has 9 heteroatoms. The molecule has 1 aliphatic heterocycles. The Morgan fingerprint density at radius 1 is 1.48 bits per heavy atom. The zero-order chi connectivity index (χ0) is 15.6. The van der Waals surface area contributed by atoms with Gasteiger partial charge in [0.2, 0.25) is 10.0 Å². The number of hydrogen-bond donors (Lipinski definition) is 2. The predicted molar refractivity (Wildman–Crippen MR) is 82.8 cm³/mol. The van der Waals surface area contributed by atoms with Crippen LogP contribution in [0.3, 0.4) is 0 Å². The third kappa shape index (κ3) is 4.04. The first kappa shape index (κ1) is 16.4. The molecule has 1 unspecified atom stereocenters. The van der Waals surface area contributed by atoms with Crippen LogP contribution in [-0.4, -0.2) is 69.5 Å². The number of sulfonamides is 1. The smallest absolute Gasteiger partial charge is 0.242 e. The number of nitrogens with zero attached hydrogens (tertiary/aromatic N) is 3. The largest absolute Gasteiger partial charge is 0.382 e. The van der Waals surface area contributed by atoms with Crippen LogP contribution in [0.2, 0.25) is 5.02 Å². The Labute approximate surface area is 130 Å². The van der Waals surface area contributed by atoms with Gasteiger partial charge in [0.15, 0.2) is 0 Å². The zero-order valence-electron chi connectivity index (χ0n) is 12.1. The summed E-state index contributed by atoms with van der Waals surface area (Å²) in [4.78, 5) is 8.13. The molecule has 0 saturated carbocycles. The van der Waals surface area contributed by atoms with Gasteiger partial charge in [0.1, 0.15) is 10.7 Å². The van der Waals surface area contributed by atoms with Gasteiger partial charge in [-0.15, -0.1) is 0 Å². The van der Waals surface area contributed by atoms with Crippen LogP contribution in [0.15, 0.2) is 17.2 Å². The second-order valence-electron chi connectivity index (χ2n) is 5.29. The van der Waals surface area contributed by atoms with Crippen LogP contribution in [0.25, 0.3) is 0 Å². The van der Waals surface area contributed by atoms with E-state index in [-0.39, 0.29) is 21.8 Å². The molecular weight excluding hydrogens is 314 g/mol.